The zero-order valence-corrected chi connectivity index (χ0v) is 20.1. The third kappa shape index (κ3) is 5.02. The molecular formula is C26H30N2O3S. The van der Waals surface area contributed by atoms with Crippen LogP contribution >= 0.6 is 0 Å². The molecule has 0 aromatic heterocycles. The second kappa shape index (κ2) is 9.57. The molecular weight excluding hydrogens is 420 g/mol. The van der Waals surface area contributed by atoms with Gasteiger partial charge >= 0.3 is 0 Å². The van der Waals surface area contributed by atoms with Crippen molar-refractivity contribution in [3.05, 3.63) is 88.5 Å². The van der Waals surface area contributed by atoms with Crippen LogP contribution in [0.4, 0.5) is 11.4 Å². The number of para-hydroxylation sites is 1. The Kier molecular flexibility index (Phi) is 7.04. The average Bonchev–Trinajstić information content (AvgIpc) is 2.75. The summed E-state index contributed by atoms with van der Waals surface area (Å²) in [4.78, 5) is 13.3. The standard InChI is InChI=1S/C26H30N2O3S/c1-6-22-9-7-8-21(5)26(22)27-25(29)17-28(24-16-19(3)10-13-20(24)4)32(30,31)23-14-11-18(2)12-15-23/h7-16H,6,17H2,1-5H3,(H,27,29). The molecule has 0 atom stereocenters. The molecule has 3 rings (SSSR count). The maximum Gasteiger partial charge on any atom is 0.264 e. The Bertz CT molecular complexity index is 1230. The normalized spacial score (nSPS) is 11.3. The SMILES string of the molecule is CCc1cccc(C)c1NC(=O)CN(c1cc(C)ccc1C)S(=O)(=O)c1ccc(C)cc1. The highest BCUT2D eigenvalue weighted by Gasteiger charge is 2.28. The number of carbonyl (C=O) groups excluding carboxylic acids is 1. The van der Waals surface area contributed by atoms with Gasteiger partial charge in [-0.2, -0.15) is 0 Å². The molecule has 1 amide bonds. The number of amides is 1. The highest BCUT2D eigenvalue weighted by atomic mass is 32.2. The van der Waals surface area contributed by atoms with Crippen LogP contribution in [0.25, 0.3) is 0 Å². The van der Waals surface area contributed by atoms with Crippen LogP contribution < -0.4 is 9.62 Å². The van der Waals surface area contributed by atoms with Crippen LogP contribution in [0.3, 0.4) is 0 Å². The number of rotatable bonds is 7. The topological polar surface area (TPSA) is 66.5 Å². The van der Waals surface area contributed by atoms with Crippen LogP contribution in [-0.4, -0.2) is 20.9 Å². The second-order valence-corrected chi connectivity index (χ2v) is 9.99. The predicted molar refractivity (Wildman–Crippen MR) is 131 cm³/mol. The Labute approximate surface area is 191 Å². The molecule has 0 aliphatic heterocycles. The number of sulfonamides is 1. The van der Waals surface area contributed by atoms with E-state index in [9.17, 15) is 13.2 Å². The van der Waals surface area contributed by atoms with Crippen LogP contribution in [-0.2, 0) is 21.2 Å². The van der Waals surface area contributed by atoms with Crippen LogP contribution in [0.2, 0.25) is 0 Å². The predicted octanol–water partition coefficient (Wildman–Crippen LogP) is 5.32. The maximum atomic E-state index is 13.6. The minimum Gasteiger partial charge on any atom is -0.324 e. The van der Waals surface area contributed by atoms with Crippen molar-refractivity contribution in [1.29, 1.82) is 0 Å². The van der Waals surface area contributed by atoms with E-state index in [1.165, 1.54) is 4.31 Å². The molecule has 168 valence electrons. The fraction of sp³-hybridized carbons (Fsp3) is 0.269. The summed E-state index contributed by atoms with van der Waals surface area (Å²) < 4.78 is 28.5. The van der Waals surface area contributed by atoms with Crippen molar-refractivity contribution in [3.63, 3.8) is 0 Å². The molecule has 0 heterocycles. The van der Waals surface area contributed by atoms with Crippen LogP contribution in [0.15, 0.2) is 65.6 Å². The van der Waals surface area contributed by atoms with Crippen molar-refractivity contribution in [2.45, 2.75) is 45.9 Å². The minimum absolute atomic E-state index is 0.155. The van der Waals surface area contributed by atoms with Gasteiger partial charge in [0.05, 0.1) is 10.6 Å². The molecule has 32 heavy (non-hydrogen) atoms. The monoisotopic (exact) mass is 450 g/mol. The Morgan fingerprint density at radius 1 is 0.875 bits per heavy atom. The summed E-state index contributed by atoms with van der Waals surface area (Å²) in [5.74, 6) is -0.384. The summed E-state index contributed by atoms with van der Waals surface area (Å²) in [5.41, 5.74) is 5.86. The van der Waals surface area contributed by atoms with Gasteiger partial charge < -0.3 is 5.32 Å². The van der Waals surface area contributed by atoms with E-state index < -0.39 is 10.0 Å². The van der Waals surface area contributed by atoms with E-state index in [4.69, 9.17) is 0 Å². The van der Waals surface area contributed by atoms with Gasteiger partial charge in [0, 0.05) is 5.69 Å². The van der Waals surface area contributed by atoms with Crippen molar-refractivity contribution >= 4 is 27.3 Å². The highest BCUT2D eigenvalue weighted by molar-refractivity contribution is 7.92. The van der Waals surface area contributed by atoms with Crippen LogP contribution in [0.1, 0.15) is 34.7 Å². The Morgan fingerprint density at radius 3 is 2.19 bits per heavy atom. The summed E-state index contributed by atoms with van der Waals surface area (Å²) in [6.45, 7) is 9.29. The van der Waals surface area contributed by atoms with Crippen LogP contribution in [0.5, 0.6) is 0 Å². The third-order valence-electron chi connectivity index (χ3n) is 5.53. The Hall–Kier alpha value is -3.12. The lowest BCUT2D eigenvalue weighted by molar-refractivity contribution is -0.114. The molecule has 0 spiro atoms. The summed E-state index contributed by atoms with van der Waals surface area (Å²) in [6, 6.07) is 18.1. The van der Waals surface area contributed by atoms with Gasteiger partial charge in [0.25, 0.3) is 10.0 Å². The number of aryl methyl sites for hydroxylation is 5. The van der Waals surface area contributed by atoms with Gasteiger partial charge in [-0.15, -0.1) is 0 Å². The molecule has 0 aliphatic carbocycles. The molecule has 0 bridgehead atoms. The number of carbonyl (C=O) groups is 1. The van der Waals surface area contributed by atoms with Crippen LogP contribution in [0, 0.1) is 27.7 Å². The van der Waals surface area contributed by atoms with Crippen molar-refractivity contribution in [2.75, 3.05) is 16.2 Å². The highest BCUT2D eigenvalue weighted by Crippen LogP contribution is 2.29. The smallest absolute Gasteiger partial charge is 0.264 e. The van der Waals surface area contributed by atoms with Crippen molar-refractivity contribution in [1.82, 2.24) is 0 Å². The molecule has 0 aliphatic rings. The van der Waals surface area contributed by atoms with E-state index >= 15 is 0 Å². The summed E-state index contributed by atoms with van der Waals surface area (Å²) in [5, 5.41) is 2.95. The number of nitrogens with zero attached hydrogens (tertiary/aromatic N) is 1. The third-order valence-corrected chi connectivity index (χ3v) is 7.31. The summed E-state index contributed by atoms with van der Waals surface area (Å²) in [6.07, 6.45) is 0.764. The van der Waals surface area contributed by atoms with Gasteiger partial charge in [-0.05, 0) is 74.6 Å². The first-order valence-corrected chi connectivity index (χ1v) is 12.1. The lowest BCUT2D eigenvalue weighted by atomic mass is 10.1. The molecule has 0 saturated heterocycles. The van der Waals surface area contributed by atoms with Gasteiger partial charge in [-0.25, -0.2) is 8.42 Å². The number of hydrogen-bond acceptors (Lipinski definition) is 3. The van der Waals surface area contributed by atoms with Crippen molar-refractivity contribution in [3.8, 4) is 0 Å². The van der Waals surface area contributed by atoms with Crippen molar-refractivity contribution in [2.24, 2.45) is 0 Å². The molecule has 6 heteroatoms. The molecule has 0 saturated carbocycles. The summed E-state index contributed by atoms with van der Waals surface area (Å²) >= 11 is 0. The average molecular weight is 451 g/mol. The molecule has 0 unspecified atom stereocenters. The molecule has 5 nitrogen and oxygen atoms in total. The van der Waals surface area contributed by atoms with Gasteiger partial charge in [-0.3, -0.25) is 9.10 Å². The minimum atomic E-state index is -3.95. The van der Waals surface area contributed by atoms with E-state index in [0.29, 0.717) is 5.69 Å². The van der Waals surface area contributed by atoms with Gasteiger partial charge in [0.1, 0.15) is 6.54 Å². The molecule has 3 aromatic rings. The molecule has 1 N–H and O–H groups in total. The van der Waals surface area contributed by atoms with E-state index in [1.807, 2.05) is 65.0 Å². The Morgan fingerprint density at radius 2 is 1.53 bits per heavy atom. The van der Waals surface area contributed by atoms with E-state index in [1.54, 1.807) is 30.3 Å². The molecule has 0 fully saturated rings. The lowest BCUT2D eigenvalue weighted by Crippen LogP contribution is -2.38. The largest absolute Gasteiger partial charge is 0.324 e. The van der Waals surface area contributed by atoms with Gasteiger partial charge in [-0.1, -0.05) is 55.0 Å². The van der Waals surface area contributed by atoms with Gasteiger partial charge in [0.15, 0.2) is 0 Å². The first kappa shape index (κ1) is 23.5. The lowest BCUT2D eigenvalue weighted by Gasteiger charge is -2.26. The second-order valence-electron chi connectivity index (χ2n) is 8.13. The number of benzene rings is 3. The zero-order chi connectivity index (χ0) is 23.5. The maximum absolute atomic E-state index is 13.6. The molecule has 3 aromatic carbocycles. The van der Waals surface area contributed by atoms with E-state index in [-0.39, 0.29) is 17.3 Å². The molecule has 0 radical (unpaired) electrons. The fourth-order valence-corrected chi connectivity index (χ4v) is 5.11. The first-order valence-electron chi connectivity index (χ1n) is 10.7. The zero-order valence-electron chi connectivity index (χ0n) is 19.3. The number of anilines is 2. The fourth-order valence-electron chi connectivity index (χ4n) is 3.64. The Balaban J connectivity index is 2.03. The number of nitrogens with one attached hydrogen (secondary N) is 1. The quantitative estimate of drug-likeness (QED) is 0.530. The summed E-state index contributed by atoms with van der Waals surface area (Å²) in [7, 11) is -3.95. The van der Waals surface area contributed by atoms with E-state index in [2.05, 4.69) is 5.32 Å². The van der Waals surface area contributed by atoms with E-state index in [0.717, 1.165) is 39.9 Å². The van der Waals surface area contributed by atoms with Crippen molar-refractivity contribution < 1.29 is 13.2 Å². The number of hydrogen-bond donors (Lipinski definition) is 1. The van der Waals surface area contributed by atoms with Gasteiger partial charge in [0.2, 0.25) is 5.91 Å². The first-order chi connectivity index (χ1) is 15.1.